The van der Waals surface area contributed by atoms with Crippen molar-refractivity contribution in [3.63, 3.8) is 0 Å². The van der Waals surface area contributed by atoms with E-state index in [4.69, 9.17) is 0 Å². The predicted octanol–water partition coefficient (Wildman–Crippen LogP) is 4.76. The van der Waals surface area contributed by atoms with Crippen molar-refractivity contribution in [2.75, 3.05) is 18.3 Å². The first-order valence-electron chi connectivity index (χ1n) is 10.3. The summed E-state index contributed by atoms with van der Waals surface area (Å²) in [6, 6.07) is 19.2. The zero-order valence-electron chi connectivity index (χ0n) is 16.9. The number of nitrogens with zero attached hydrogens (tertiary/aromatic N) is 1. The molecule has 2 N–H and O–H groups in total. The average Bonchev–Trinajstić information content (AvgIpc) is 3.33. The van der Waals surface area contributed by atoms with Crippen LogP contribution in [0, 0.1) is 0 Å². The number of fused-ring (bicyclic) bond motifs is 2. The van der Waals surface area contributed by atoms with Crippen molar-refractivity contribution in [2.24, 2.45) is 0 Å². The third kappa shape index (κ3) is 3.57. The van der Waals surface area contributed by atoms with Gasteiger partial charge >= 0.3 is 0 Å². The number of rotatable bonds is 5. The van der Waals surface area contributed by atoms with E-state index in [2.05, 4.69) is 27.9 Å². The van der Waals surface area contributed by atoms with Crippen LogP contribution in [-0.2, 0) is 16.4 Å². The van der Waals surface area contributed by atoms with Crippen LogP contribution in [0.5, 0.6) is 0 Å². The lowest BCUT2D eigenvalue weighted by molar-refractivity contribution is 0.310. The van der Waals surface area contributed by atoms with Gasteiger partial charge in [0.15, 0.2) is 0 Å². The number of likely N-dealkylation sites (N-methyl/N-ethyl adjacent to an activating group) is 1. The molecule has 1 aliphatic rings. The van der Waals surface area contributed by atoms with Gasteiger partial charge in [-0.15, -0.1) is 0 Å². The molecule has 6 heteroatoms. The maximum absolute atomic E-state index is 13.0. The molecule has 1 atom stereocenters. The van der Waals surface area contributed by atoms with E-state index in [9.17, 15) is 8.42 Å². The van der Waals surface area contributed by atoms with Crippen molar-refractivity contribution >= 4 is 37.4 Å². The van der Waals surface area contributed by atoms with Gasteiger partial charge in [-0.1, -0.05) is 30.3 Å². The zero-order chi connectivity index (χ0) is 20.7. The summed E-state index contributed by atoms with van der Waals surface area (Å²) in [7, 11) is -1.49. The molecular weight excluding hydrogens is 394 g/mol. The normalized spacial score (nSPS) is 17.7. The molecule has 30 heavy (non-hydrogen) atoms. The quantitative estimate of drug-likeness (QED) is 0.490. The van der Waals surface area contributed by atoms with Crippen LogP contribution in [0.4, 0.5) is 5.69 Å². The van der Waals surface area contributed by atoms with Crippen molar-refractivity contribution in [2.45, 2.75) is 30.2 Å². The largest absolute Gasteiger partial charge is 0.361 e. The lowest BCUT2D eigenvalue weighted by Crippen LogP contribution is -2.26. The summed E-state index contributed by atoms with van der Waals surface area (Å²) < 4.78 is 28.8. The fourth-order valence-corrected chi connectivity index (χ4v) is 5.53. The van der Waals surface area contributed by atoms with Gasteiger partial charge in [0.1, 0.15) is 0 Å². The molecule has 0 radical (unpaired) electrons. The zero-order valence-corrected chi connectivity index (χ0v) is 17.7. The summed E-state index contributed by atoms with van der Waals surface area (Å²) in [5, 5.41) is 3.00. The minimum absolute atomic E-state index is 0.267. The molecule has 0 unspecified atom stereocenters. The van der Waals surface area contributed by atoms with Gasteiger partial charge in [-0.25, -0.2) is 8.42 Å². The van der Waals surface area contributed by atoms with Crippen molar-refractivity contribution < 1.29 is 8.42 Å². The summed E-state index contributed by atoms with van der Waals surface area (Å²) >= 11 is 0. The van der Waals surface area contributed by atoms with Crippen LogP contribution in [0.2, 0.25) is 0 Å². The number of aromatic nitrogens is 1. The minimum Gasteiger partial charge on any atom is -0.361 e. The fraction of sp³-hybridized carbons (Fsp3) is 0.250. The second kappa shape index (κ2) is 7.45. The van der Waals surface area contributed by atoms with E-state index in [-0.39, 0.29) is 4.90 Å². The van der Waals surface area contributed by atoms with Crippen molar-refractivity contribution in [1.29, 1.82) is 0 Å². The highest BCUT2D eigenvalue weighted by Gasteiger charge is 2.22. The topological polar surface area (TPSA) is 65.2 Å². The van der Waals surface area contributed by atoms with Gasteiger partial charge in [0.25, 0.3) is 10.0 Å². The monoisotopic (exact) mass is 419 g/mol. The standard InChI is InChI=1S/C24H25N3O2S/c1-27-12-4-7-21(27)13-19-16-25-24-11-9-20(15-23(19)24)26-30(28,29)22-10-8-17-5-2-3-6-18(17)14-22/h2-3,5-6,8-11,14-16,21,25-26H,4,7,12-13H2,1H3/t21-/m1/s1. The van der Waals surface area contributed by atoms with Gasteiger partial charge in [0, 0.05) is 28.8 Å². The highest BCUT2D eigenvalue weighted by molar-refractivity contribution is 7.92. The van der Waals surface area contributed by atoms with E-state index >= 15 is 0 Å². The van der Waals surface area contributed by atoms with E-state index < -0.39 is 10.0 Å². The Morgan fingerprint density at radius 3 is 2.70 bits per heavy atom. The Morgan fingerprint density at radius 1 is 1.07 bits per heavy atom. The number of hydrogen-bond donors (Lipinski definition) is 2. The highest BCUT2D eigenvalue weighted by Crippen LogP contribution is 2.28. The average molecular weight is 420 g/mol. The Morgan fingerprint density at radius 2 is 1.90 bits per heavy atom. The summed E-state index contributed by atoms with van der Waals surface area (Å²) in [6.45, 7) is 1.14. The van der Waals surface area contributed by atoms with Crippen molar-refractivity contribution in [3.05, 3.63) is 72.4 Å². The van der Waals surface area contributed by atoms with Crippen LogP contribution in [0.3, 0.4) is 0 Å². The first-order chi connectivity index (χ1) is 14.5. The third-order valence-corrected chi connectivity index (χ3v) is 7.56. The molecule has 0 aliphatic carbocycles. The lowest BCUT2D eigenvalue weighted by Gasteiger charge is -2.18. The molecule has 3 aromatic carbocycles. The number of H-pyrrole nitrogens is 1. The molecule has 1 aliphatic heterocycles. The van der Waals surface area contributed by atoms with E-state index in [1.807, 2.05) is 48.5 Å². The van der Waals surface area contributed by atoms with Crippen LogP contribution in [0.1, 0.15) is 18.4 Å². The number of benzene rings is 3. The van der Waals surface area contributed by atoms with Gasteiger partial charge in [-0.05, 0) is 79.5 Å². The van der Waals surface area contributed by atoms with Crippen LogP contribution in [-0.4, -0.2) is 37.9 Å². The Kier molecular flexibility index (Phi) is 4.76. The molecule has 0 bridgehead atoms. The molecule has 0 saturated carbocycles. The van der Waals surface area contributed by atoms with Gasteiger partial charge in [0.05, 0.1) is 4.90 Å². The molecule has 0 spiro atoms. The summed E-state index contributed by atoms with van der Waals surface area (Å²) in [4.78, 5) is 6.00. The molecule has 1 aromatic heterocycles. The van der Waals surface area contributed by atoms with Crippen LogP contribution in [0.25, 0.3) is 21.7 Å². The van der Waals surface area contributed by atoms with Crippen molar-refractivity contribution in [3.8, 4) is 0 Å². The maximum Gasteiger partial charge on any atom is 0.261 e. The second-order valence-electron chi connectivity index (χ2n) is 8.17. The molecule has 0 amide bonds. The van der Waals surface area contributed by atoms with Gasteiger partial charge in [-0.2, -0.15) is 0 Å². The Labute approximate surface area is 176 Å². The number of nitrogens with one attached hydrogen (secondary N) is 2. The minimum atomic E-state index is -3.67. The molecule has 4 aromatic rings. The number of likely N-dealkylation sites (tertiary alicyclic amines) is 1. The molecule has 154 valence electrons. The molecular formula is C24H25N3O2S. The number of sulfonamides is 1. The van der Waals surface area contributed by atoms with Crippen LogP contribution in [0.15, 0.2) is 71.8 Å². The van der Waals surface area contributed by atoms with Gasteiger partial charge in [-0.3, -0.25) is 4.72 Å². The SMILES string of the molecule is CN1CCC[C@@H]1Cc1c[nH]c2ccc(NS(=O)(=O)c3ccc4ccccc4c3)cc12. The van der Waals surface area contributed by atoms with E-state index in [1.54, 1.807) is 12.1 Å². The molecule has 1 saturated heterocycles. The van der Waals surface area contributed by atoms with Gasteiger partial charge in [0.2, 0.25) is 0 Å². The fourth-order valence-electron chi connectivity index (χ4n) is 4.45. The Bertz CT molecular complexity index is 1330. The maximum atomic E-state index is 13.0. The van der Waals surface area contributed by atoms with Crippen molar-refractivity contribution in [1.82, 2.24) is 9.88 Å². The molecule has 2 heterocycles. The van der Waals surface area contributed by atoms with Gasteiger partial charge < -0.3 is 9.88 Å². The Hall–Kier alpha value is -2.83. The summed E-state index contributed by atoms with van der Waals surface area (Å²) in [6.07, 6.45) is 5.47. The smallest absolute Gasteiger partial charge is 0.261 e. The summed E-state index contributed by atoms with van der Waals surface area (Å²) in [5.41, 5.74) is 2.84. The van der Waals surface area contributed by atoms with Crippen LogP contribution < -0.4 is 4.72 Å². The number of anilines is 1. The third-order valence-electron chi connectivity index (χ3n) is 6.18. The molecule has 5 rings (SSSR count). The molecule has 1 fully saturated rings. The Balaban J connectivity index is 1.44. The number of aromatic amines is 1. The first-order valence-corrected chi connectivity index (χ1v) is 11.8. The highest BCUT2D eigenvalue weighted by atomic mass is 32.2. The van der Waals surface area contributed by atoms with E-state index in [0.29, 0.717) is 11.7 Å². The first kappa shape index (κ1) is 19.2. The van der Waals surface area contributed by atoms with E-state index in [0.717, 1.165) is 34.6 Å². The summed E-state index contributed by atoms with van der Waals surface area (Å²) in [5.74, 6) is 0. The lowest BCUT2D eigenvalue weighted by atomic mass is 10.0. The number of hydrogen-bond acceptors (Lipinski definition) is 3. The second-order valence-corrected chi connectivity index (χ2v) is 9.85. The predicted molar refractivity (Wildman–Crippen MR) is 122 cm³/mol. The molecule has 5 nitrogen and oxygen atoms in total. The van der Waals surface area contributed by atoms with Crippen LogP contribution >= 0.6 is 0 Å². The van der Waals surface area contributed by atoms with E-state index in [1.165, 1.54) is 18.4 Å².